The van der Waals surface area contributed by atoms with Crippen molar-refractivity contribution in [1.29, 1.82) is 0 Å². The molecule has 0 bridgehead atoms. The maximum Gasteiger partial charge on any atom is 0.211 e. The lowest BCUT2D eigenvalue weighted by Crippen LogP contribution is -2.39. The second-order valence-corrected chi connectivity index (χ2v) is 7.56. The van der Waals surface area contributed by atoms with Crippen LogP contribution in [-0.4, -0.2) is 58.0 Å². The van der Waals surface area contributed by atoms with Crippen LogP contribution in [0.3, 0.4) is 0 Å². The van der Waals surface area contributed by atoms with Crippen molar-refractivity contribution in [3.8, 4) is 0 Å². The smallest absolute Gasteiger partial charge is 0.211 e. The molecule has 0 rings (SSSR count). The summed E-state index contributed by atoms with van der Waals surface area (Å²) in [5.74, 6) is 1.25. The fourth-order valence-electron chi connectivity index (χ4n) is 2.10. The molecule has 0 saturated heterocycles. The summed E-state index contributed by atoms with van der Waals surface area (Å²) in [6.45, 7) is 8.48. The van der Waals surface area contributed by atoms with Crippen LogP contribution >= 0.6 is 0 Å². The Hall–Kier alpha value is -0.860. The SMILES string of the molecule is CCCC(CCO)CN=C(NCC)NCCCNS(=O)(=O)CC. The Balaban J connectivity index is 4.20. The minimum atomic E-state index is -3.11. The Morgan fingerprint density at radius 3 is 2.43 bits per heavy atom. The minimum absolute atomic E-state index is 0.105. The van der Waals surface area contributed by atoms with Crippen LogP contribution < -0.4 is 15.4 Å². The van der Waals surface area contributed by atoms with Gasteiger partial charge in [-0.05, 0) is 39.0 Å². The van der Waals surface area contributed by atoms with E-state index in [1.165, 1.54) is 0 Å². The van der Waals surface area contributed by atoms with Crippen molar-refractivity contribution in [2.75, 3.05) is 38.5 Å². The molecule has 0 heterocycles. The number of aliphatic hydroxyl groups excluding tert-OH is 1. The van der Waals surface area contributed by atoms with Crippen LogP contribution in [0.15, 0.2) is 4.99 Å². The van der Waals surface area contributed by atoms with Crippen LogP contribution in [0.5, 0.6) is 0 Å². The molecule has 4 N–H and O–H groups in total. The highest BCUT2D eigenvalue weighted by atomic mass is 32.2. The van der Waals surface area contributed by atoms with E-state index in [0.717, 1.165) is 31.8 Å². The fraction of sp³-hybridized carbons (Fsp3) is 0.933. The van der Waals surface area contributed by atoms with E-state index in [2.05, 4.69) is 27.3 Å². The van der Waals surface area contributed by atoms with Crippen LogP contribution in [0.25, 0.3) is 0 Å². The summed E-state index contributed by atoms with van der Waals surface area (Å²) in [4.78, 5) is 4.56. The number of hydrogen-bond acceptors (Lipinski definition) is 4. The summed E-state index contributed by atoms with van der Waals surface area (Å²) in [5.41, 5.74) is 0. The van der Waals surface area contributed by atoms with Gasteiger partial charge in [0.15, 0.2) is 5.96 Å². The Bertz CT molecular complexity index is 407. The second-order valence-electron chi connectivity index (χ2n) is 5.46. The van der Waals surface area contributed by atoms with Crippen LogP contribution in [0, 0.1) is 5.92 Å². The van der Waals surface area contributed by atoms with Crippen molar-refractivity contribution in [2.24, 2.45) is 10.9 Å². The van der Waals surface area contributed by atoms with Crippen LogP contribution in [0.1, 0.15) is 46.5 Å². The quantitative estimate of drug-likeness (QED) is 0.222. The van der Waals surface area contributed by atoms with E-state index < -0.39 is 10.0 Å². The third kappa shape index (κ3) is 12.3. The maximum atomic E-state index is 11.3. The number of nitrogens with zero attached hydrogens (tertiary/aromatic N) is 1. The zero-order valence-corrected chi connectivity index (χ0v) is 15.6. The standard InChI is InChI=1S/C15H34N4O3S/c1-4-8-14(9-12-20)13-18-15(16-5-2)17-10-7-11-19-23(21,22)6-3/h14,19-20H,4-13H2,1-3H3,(H2,16,17,18). The van der Waals surface area contributed by atoms with E-state index in [-0.39, 0.29) is 12.4 Å². The summed E-state index contributed by atoms with van der Waals surface area (Å²) < 4.78 is 25.2. The van der Waals surface area contributed by atoms with Crippen molar-refractivity contribution in [2.45, 2.75) is 46.5 Å². The average molecular weight is 351 g/mol. The van der Waals surface area contributed by atoms with Crippen molar-refractivity contribution < 1.29 is 13.5 Å². The Labute approximate surface area is 141 Å². The highest BCUT2D eigenvalue weighted by Gasteiger charge is 2.07. The molecule has 0 spiro atoms. The molecule has 0 aliphatic rings. The molecular weight excluding hydrogens is 316 g/mol. The maximum absolute atomic E-state index is 11.3. The van der Waals surface area contributed by atoms with E-state index in [9.17, 15) is 8.42 Å². The molecule has 138 valence electrons. The molecule has 0 saturated carbocycles. The predicted octanol–water partition coefficient (Wildman–Crippen LogP) is 0.670. The molecule has 7 nitrogen and oxygen atoms in total. The van der Waals surface area contributed by atoms with Gasteiger partial charge in [0.1, 0.15) is 0 Å². The first-order chi connectivity index (χ1) is 11.0. The number of sulfonamides is 1. The largest absolute Gasteiger partial charge is 0.396 e. The van der Waals surface area contributed by atoms with E-state index >= 15 is 0 Å². The summed E-state index contributed by atoms with van der Waals surface area (Å²) in [6, 6.07) is 0. The lowest BCUT2D eigenvalue weighted by Gasteiger charge is -2.15. The van der Waals surface area contributed by atoms with Gasteiger partial charge in [-0.3, -0.25) is 4.99 Å². The van der Waals surface area contributed by atoms with E-state index in [4.69, 9.17) is 5.11 Å². The molecule has 1 atom stereocenters. The van der Waals surface area contributed by atoms with Gasteiger partial charge in [-0.15, -0.1) is 0 Å². The van der Waals surface area contributed by atoms with Gasteiger partial charge in [0, 0.05) is 32.8 Å². The van der Waals surface area contributed by atoms with Gasteiger partial charge in [-0.2, -0.15) is 0 Å². The topological polar surface area (TPSA) is 103 Å². The molecule has 0 aliphatic carbocycles. The number of aliphatic imine (C=N–C) groups is 1. The first-order valence-corrected chi connectivity index (χ1v) is 10.2. The highest BCUT2D eigenvalue weighted by Crippen LogP contribution is 2.10. The lowest BCUT2D eigenvalue weighted by atomic mass is 10.0. The Morgan fingerprint density at radius 1 is 1.13 bits per heavy atom. The number of nitrogens with one attached hydrogen (secondary N) is 3. The summed E-state index contributed by atoms with van der Waals surface area (Å²) in [6.07, 6.45) is 3.61. The first kappa shape index (κ1) is 22.1. The predicted molar refractivity (Wildman–Crippen MR) is 96.2 cm³/mol. The highest BCUT2D eigenvalue weighted by molar-refractivity contribution is 7.89. The summed E-state index contributed by atoms with van der Waals surface area (Å²) >= 11 is 0. The number of rotatable bonds is 13. The number of guanidine groups is 1. The molecule has 0 aromatic carbocycles. The van der Waals surface area contributed by atoms with Crippen molar-refractivity contribution in [3.63, 3.8) is 0 Å². The van der Waals surface area contributed by atoms with Gasteiger partial charge in [-0.1, -0.05) is 13.3 Å². The van der Waals surface area contributed by atoms with Gasteiger partial charge >= 0.3 is 0 Å². The monoisotopic (exact) mass is 350 g/mol. The number of aliphatic hydroxyl groups is 1. The van der Waals surface area contributed by atoms with Crippen molar-refractivity contribution in [1.82, 2.24) is 15.4 Å². The fourth-order valence-corrected chi connectivity index (χ4v) is 2.76. The third-order valence-corrected chi connectivity index (χ3v) is 4.84. The zero-order chi connectivity index (χ0) is 17.6. The first-order valence-electron chi connectivity index (χ1n) is 8.59. The van der Waals surface area contributed by atoms with Crippen molar-refractivity contribution in [3.05, 3.63) is 0 Å². The van der Waals surface area contributed by atoms with Crippen LogP contribution in [-0.2, 0) is 10.0 Å². The van der Waals surface area contributed by atoms with Gasteiger partial charge in [-0.25, -0.2) is 13.1 Å². The average Bonchev–Trinajstić information content (AvgIpc) is 2.52. The van der Waals surface area contributed by atoms with Crippen LogP contribution in [0.4, 0.5) is 0 Å². The normalized spacial score (nSPS) is 13.8. The van der Waals surface area contributed by atoms with Crippen molar-refractivity contribution >= 4 is 16.0 Å². The van der Waals surface area contributed by atoms with Gasteiger partial charge in [0.2, 0.25) is 10.0 Å². The number of hydrogen-bond donors (Lipinski definition) is 4. The molecule has 0 aromatic heterocycles. The second kappa shape index (κ2) is 13.6. The molecule has 0 radical (unpaired) electrons. The van der Waals surface area contributed by atoms with Crippen LogP contribution in [0.2, 0.25) is 0 Å². The Morgan fingerprint density at radius 2 is 1.87 bits per heavy atom. The molecule has 0 fully saturated rings. The molecule has 0 aromatic rings. The molecule has 1 unspecified atom stereocenters. The molecular formula is C15H34N4O3S. The third-order valence-electron chi connectivity index (χ3n) is 3.43. The summed E-state index contributed by atoms with van der Waals surface area (Å²) in [7, 11) is -3.11. The van der Waals surface area contributed by atoms with E-state index in [1.54, 1.807) is 6.92 Å². The lowest BCUT2D eigenvalue weighted by molar-refractivity contribution is 0.253. The molecule has 0 aliphatic heterocycles. The molecule has 23 heavy (non-hydrogen) atoms. The molecule has 8 heteroatoms. The zero-order valence-electron chi connectivity index (χ0n) is 14.8. The van der Waals surface area contributed by atoms with Gasteiger partial charge < -0.3 is 15.7 Å². The minimum Gasteiger partial charge on any atom is -0.396 e. The van der Waals surface area contributed by atoms with E-state index in [0.29, 0.717) is 32.0 Å². The van der Waals surface area contributed by atoms with E-state index in [1.807, 2.05) is 6.92 Å². The Kier molecular flexibility index (Phi) is 13.1. The van der Waals surface area contributed by atoms with Gasteiger partial charge in [0.25, 0.3) is 0 Å². The summed E-state index contributed by atoms with van der Waals surface area (Å²) in [5, 5.41) is 15.5. The van der Waals surface area contributed by atoms with Gasteiger partial charge in [0.05, 0.1) is 5.75 Å². The molecule has 0 amide bonds.